The van der Waals surface area contributed by atoms with Gasteiger partial charge in [-0.25, -0.2) is 0 Å². The van der Waals surface area contributed by atoms with Crippen LogP contribution in [0.15, 0.2) is 18.2 Å². The smallest absolute Gasteiger partial charge is 0.292 e. The van der Waals surface area contributed by atoms with E-state index in [9.17, 15) is 10.1 Å². The van der Waals surface area contributed by atoms with Crippen LogP contribution in [0.5, 0.6) is 0 Å². The molecule has 5 heteroatoms. The van der Waals surface area contributed by atoms with Gasteiger partial charge in [-0.3, -0.25) is 10.1 Å². The molecule has 0 spiro atoms. The molecule has 0 aromatic heterocycles. The zero-order valence-corrected chi connectivity index (χ0v) is 12.4. The van der Waals surface area contributed by atoms with Gasteiger partial charge in [-0.05, 0) is 36.1 Å². The van der Waals surface area contributed by atoms with Crippen molar-refractivity contribution in [2.45, 2.75) is 33.2 Å². The maximum absolute atomic E-state index is 11.1. The lowest BCUT2D eigenvalue weighted by Crippen LogP contribution is -2.41. The maximum Gasteiger partial charge on any atom is 0.292 e. The molecule has 1 heterocycles. The molecule has 0 saturated carbocycles. The van der Waals surface area contributed by atoms with Gasteiger partial charge in [-0.15, -0.1) is 0 Å². The molecule has 0 radical (unpaired) electrons. The summed E-state index contributed by atoms with van der Waals surface area (Å²) in [7, 11) is 0. The molecule has 19 heavy (non-hydrogen) atoms. The van der Waals surface area contributed by atoms with E-state index in [4.69, 9.17) is 0 Å². The van der Waals surface area contributed by atoms with Crippen LogP contribution >= 0.6 is 11.8 Å². The minimum Gasteiger partial charge on any atom is -0.375 e. The standard InChI is InChI=1S/C14H20N2O2S/c1-10-4-5-11(12(8-10)16(17)18)15-13-9-19-7-6-14(13,2)3/h4-5,8,13,15H,6-7,9H2,1-3H3. The fourth-order valence-corrected chi connectivity index (χ4v) is 3.88. The van der Waals surface area contributed by atoms with Gasteiger partial charge in [0.25, 0.3) is 5.69 Å². The first kappa shape index (κ1) is 14.2. The topological polar surface area (TPSA) is 55.2 Å². The van der Waals surface area contributed by atoms with Gasteiger partial charge in [0.15, 0.2) is 0 Å². The van der Waals surface area contributed by atoms with Gasteiger partial charge in [0.2, 0.25) is 0 Å². The normalized spacial score (nSPS) is 21.9. The molecule has 4 nitrogen and oxygen atoms in total. The third-order valence-electron chi connectivity index (χ3n) is 3.80. The quantitative estimate of drug-likeness (QED) is 0.675. The van der Waals surface area contributed by atoms with Crippen LogP contribution in [-0.2, 0) is 0 Å². The average Bonchev–Trinajstić information content (AvgIpc) is 2.33. The highest BCUT2D eigenvalue weighted by atomic mass is 32.2. The number of benzene rings is 1. The number of nitro groups is 1. The van der Waals surface area contributed by atoms with Crippen molar-refractivity contribution in [2.24, 2.45) is 5.41 Å². The summed E-state index contributed by atoms with van der Waals surface area (Å²) in [6.45, 7) is 6.33. The fraction of sp³-hybridized carbons (Fsp3) is 0.571. The third-order valence-corrected chi connectivity index (χ3v) is 4.86. The summed E-state index contributed by atoms with van der Waals surface area (Å²) in [6.07, 6.45) is 1.13. The Morgan fingerprint density at radius 1 is 1.47 bits per heavy atom. The molecule has 0 aliphatic carbocycles. The lowest BCUT2D eigenvalue weighted by atomic mass is 9.82. The van der Waals surface area contributed by atoms with Crippen LogP contribution in [0.2, 0.25) is 0 Å². The van der Waals surface area contributed by atoms with Gasteiger partial charge in [-0.1, -0.05) is 19.9 Å². The van der Waals surface area contributed by atoms with Crippen molar-refractivity contribution in [1.82, 2.24) is 0 Å². The van der Waals surface area contributed by atoms with Gasteiger partial charge >= 0.3 is 0 Å². The predicted octanol–water partition coefficient (Wildman–Crippen LogP) is 3.85. The Morgan fingerprint density at radius 3 is 2.84 bits per heavy atom. The van der Waals surface area contributed by atoms with E-state index in [0.717, 1.165) is 17.7 Å². The number of nitrogens with zero attached hydrogens (tertiary/aromatic N) is 1. The molecule has 1 aliphatic heterocycles. The number of nitrogens with one attached hydrogen (secondary N) is 1. The lowest BCUT2D eigenvalue weighted by Gasteiger charge is -2.39. The minimum absolute atomic E-state index is 0.171. The monoisotopic (exact) mass is 280 g/mol. The summed E-state index contributed by atoms with van der Waals surface area (Å²) >= 11 is 1.91. The van der Waals surface area contributed by atoms with E-state index in [1.54, 1.807) is 6.07 Å². The van der Waals surface area contributed by atoms with Crippen LogP contribution in [0.3, 0.4) is 0 Å². The van der Waals surface area contributed by atoms with Crippen LogP contribution in [-0.4, -0.2) is 22.5 Å². The van der Waals surface area contributed by atoms with Gasteiger partial charge < -0.3 is 5.32 Å². The van der Waals surface area contributed by atoms with E-state index in [1.807, 2.05) is 30.8 Å². The lowest BCUT2D eigenvalue weighted by molar-refractivity contribution is -0.384. The van der Waals surface area contributed by atoms with Crippen molar-refractivity contribution in [3.8, 4) is 0 Å². The van der Waals surface area contributed by atoms with E-state index in [0.29, 0.717) is 5.69 Å². The second-order valence-corrected chi connectivity index (χ2v) is 6.94. The Labute approximate surface area is 118 Å². The van der Waals surface area contributed by atoms with Crippen molar-refractivity contribution in [3.63, 3.8) is 0 Å². The van der Waals surface area contributed by atoms with E-state index in [2.05, 4.69) is 19.2 Å². The molecule has 1 saturated heterocycles. The highest BCUT2D eigenvalue weighted by Crippen LogP contribution is 2.37. The van der Waals surface area contributed by atoms with E-state index < -0.39 is 0 Å². The molecule has 1 atom stereocenters. The molecule has 1 unspecified atom stereocenters. The fourth-order valence-electron chi connectivity index (χ4n) is 2.28. The number of nitro benzene ring substituents is 1. The summed E-state index contributed by atoms with van der Waals surface area (Å²) in [5, 5.41) is 14.5. The van der Waals surface area contributed by atoms with Gasteiger partial charge in [-0.2, -0.15) is 11.8 Å². The highest BCUT2D eigenvalue weighted by Gasteiger charge is 2.33. The number of hydrogen-bond donors (Lipinski definition) is 1. The molecule has 1 aromatic rings. The zero-order valence-electron chi connectivity index (χ0n) is 11.6. The highest BCUT2D eigenvalue weighted by molar-refractivity contribution is 7.99. The Kier molecular flexibility index (Phi) is 4.04. The zero-order chi connectivity index (χ0) is 14.0. The largest absolute Gasteiger partial charge is 0.375 e. The number of thioether (sulfide) groups is 1. The Morgan fingerprint density at radius 2 is 2.21 bits per heavy atom. The van der Waals surface area contributed by atoms with Gasteiger partial charge in [0, 0.05) is 17.9 Å². The number of anilines is 1. The Hall–Kier alpha value is -1.23. The number of aryl methyl sites for hydroxylation is 1. The van der Waals surface area contributed by atoms with Crippen molar-refractivity contribution in [3.05, 3.63) is 33.9 Å². The van der Waals surface area contributed by atoms with E-state index in [1.165, 1.54) is 5.75 Å². The average molecular weight is 280 g/mol. The molecule has 1 aliphatic rings. The van der Waals surface area contributed by atoms with Crippen LogP contribution in [0.4, 0.5) is 11.4 Å². The van der Waals surface area contributed by atoms with Crippen LogP contribution in [0.1, 0.15) is 25.8 Å². The Bertz CT molecular complexity index is 488. The SMILES string of the molecule is Cc1ccc(NC2CSCCC2(C)C)c([N+](=O)[O-])c1. The minimum atomic E-state index is -0.307. The second kappa shape index (κ2) is 5.41. The van der Waals surface area contributed by atoms with Crippen LogP contribution in [0, 0.1) is 22.5 Å². The van der Waals surface area contributed by atoms with Crippen LogP contribution in [0.25, 0.3) is 0 Å². The molecule has 104 valence electrons. The Balaban J connectivity index is 2.25. The summed E-state index contributed by atoms with van der Waals surface area (Å²) in [5.41, 5.74) is 1.89. The molecular formula is C14H20N2O2S. The van der Waals surface area contributed by atoms with Crippen LogP contribution < -0.4 is 5.32 Å². The van der Waals surface area contributed by atoms with E-state index in [-0.39, 0.29) is 22.1 Å². The van der Waals surface area contributed by atoms with Crippen molar-refractivity contribution in [1.29, 1.82) is 0 Å². The van der Waals surface area contributed by atoms with Crippen molar-refractivity contribution < 1.29 is 4.92 Å². The van der Waals surface area contributed by atoms with Gasteiger partial charge in [0.1, 0.15) is 5.69 Å². The molecule has 1 aromatic carbocycles. The first-order valence-electron chi connectivity index (χ1n) is 6.49. The second-order valence-electron chi connectivity index (χ2n) is 5.79. The summed E-state index contributed by atoms with van der Waals surface area (Å²) in [6, 6.07) is 5.64. The molecule has 1 N–H and O–H groups in total. The first-order valence-corrected chi connectivity index (χ1v) is 7.65. The molecule has 2 rings (SSSR count). The summed E-state index contributed by atoms with van der Waals surface area (Å²) < 4.78 is 0. The predicted molar refractivity (Wildman–Crippen MR) is 81.0 cm³/mol. The molecule has 0 amide bonds. The number of hydrogen-bond acceptors (Lipinski definition) is 4. The van der Waals surface area contributed by atoms with Crippen molar-refractivity contribution in [2.75, 3.05) is 16.8 Å². The van der Waals surface area contributed by atoms with E-state index >= 15 is 0 Å². The summed E-state index contributed by atoms with van der Waals surface area (Å²) in [5.74, 6) is 2.17. The number of rotatable bonds is 3. The van der Waals surface area contributed by atoms with Gasteiger partial charge in [0.05, 0.1) is 4.92 Å². The molecule has 0 bridgehead atoms. The third kappa shape index (κ3) is 3.21. The first-order chi connectivity index (χ1) is 8.90. The summed E-state index contributed by atoms with van der Waals surface area (Å²) in [4.78, 5) is 10.8. The van der Waals surface area contributed by atoms with Crippen molar-refractivity contribution >= 4 is 23.1 Å². The maximum atomic E-state index is 11.1. The molecular weight excluding hydrogens is 260 g/mol. The molecule has 1 fully saturated rings.